The van der Waals surface area contributed by atoms with Crippen LogP contribution in [0.15, 0.2) is 6.20 Å². The lowest BCUT2D eigenvalue weighted by molar-refractivity contribution is 0.506. The molecule has 1 unspecified atom stereocenters. The summed E-state index contributed by atoms with van der Waals surface area (Å²) in [5.74, 6) is 0.679. The number of nitrogen functional groups attached to an aromatic ring is 1. The van der Waals surface area contributed by atoms with Crippen LogP contribution in [-0.4, -0.2) is 29.7 Å². The largest absolute Gasteiger partial charge is 0.384 e. The maximum atomic E-state index is 11.3. The van der Waals surface area contributed by atoms with Crippen molar-refractivity contribution in [2.45, 2.75) is 18.9 Å². The van der Waals surface area contributed by atoms with Crippen molar-refractivity contribution in [2.24, 2.45) is 0 Å². The second kappa shape index (κ2) is 3.79. The number of anilines is 1. The fraction of sp³-hybridized carbons (Fsp3) is 0.556. The van der Waals surface area contributed by atoms with Crippen LogP contribution >= 0.6 is 0 Å². The van der Waals surface area contributed by atoms with E-state index in [4.69, 9.17) is 11.0 Å². The van der Waals surface area contributed by atoms with Gasteiger partial charge in [-0.1, -0.05) is 0 Å². The Balaban J connectivity index is 2.26. The van der Waals surface area contributed by atoms with Gasteiger partial charge in [0.2, 0.25) is 0 Å². The van der Waals surface area contributed by atoms with Gasteiger partial charge in [0.1, 0.15) is 5.82 Å². The van der Waals surface area contributed by atoms with Crippen molar-refractivity contribution >= 4 is 15.7 Å². The summed E-state index contributed by atoms with van der Waals surface area (Å²) in [7, 11) is -2.94. The van der Waals surface area contributed by atoms with E-state index >= 15 is 0 Å². The number of nitrogens with two attached hydrogens (primary N) is 1. The summed E-state index contributed by atoms with van der Waals surface area (Å²) in [5.41, 5.74) is 6.47. The number of hydrogen-bond acceptors (Lipinski definition) is 5. The Morgan fingerprint density at radius 1 is 1.69 bits per heavy atom. The summed E-state index contributed by atoms with van der Waals surface area (Å²) in [6, 6.07) is 1.81. The molecule has 1 saturated heterocycles. The van der Waals surface area contributed by atoms with Crippen molar-refractivity contribution < 1.29 is 8.42 Å². The number of nitrogens with zero attached hydrogens (tertiary/aromatic N) is 3. The van der Waals surface area contributed by atoms with E-state index in [1.54, 1.807) is 0 Å². The number of hydrogen-bond donors (Lipinski definition) is 1. The third-order valence-corrected chi connectivity index (χ3v) is 4.49. The molecule has 0 radical (unpaired) electrons. The smallest absolute Gasteiger partial charge is 0.152 e. The van der Waals surface area contributed by atoms with Crippen molar-refractivity contribution in [3.63, 3.8) is 0 Å². The molecule has 0 amide bonds. The Bertz CT molecular complexity index is 540. The highest BCUT2D eigenvalue weighted by Crippen LogP contribution is 2.26. The van der Waals surface area contributed by atoms with Crippen LogP contribution in [0.4, 0.5) is 5.82 Å². The molecule has 1 fully saturated rings. The van der Waals surface area contributed by atoms with E-state index in [1.807, 2.05) is 6.07 Å². The molecule has 1 aliphatic heterocycles. The molecule has 0 aromatic carbocycles. The van der Waals surface area contributed by atoms with Gasteiger partial charge in [-0.05, 0) is 6.42 Å². The van der Waals surface area contributed by atoms with Crippen molar-refractivity contribution in [3.8, 4) is 6.07 Å². The van der Waals surface area contributed by atoms with Gasteiger partial charge in [0, 0.05) is 5.56 Å². The summed E-state index contributed by atoms with van der Waals surface area (Å²) >= 11 is 0. The molecule has 6 nitrogen and oxygen atoms in total. The predicted octanol–water partition coefficient (Wildman–Crippen LogP) is -0.109. The molecule has 1 atom stereocenters. The Morgan fingerprint density at radius 3 is 3.00 bits per heavy atom. The third kappa shape index (κ3) is 1.88. The van der Waals surface area contributed by atoms with E-state index in [0.717, 1.165) is 0 Å². The van der Waals surface area contributed by atoms with Crippen LogP contribution in [0.3, 0.4) is 0 Å². The number of sulfone groups is 1. The Hall–Kier alpha value is -1.55. The van der Waals surface area contributed by atoms with Gasteiger partial charge in [-0.3, -0.25) is 0 Å². The first-order valence-corrected chi connectivity index (χ1v) is 6.75. The molecule has 86 valence electrons. The molecule has 0 aliphatic carbocycles. The Morgan fingerprint density at radius 2 is 2.44 bits per heavy atom. The molecule has 1 aromatic rings. The molecular weight excluding hydrogens is 228 g/mol. The number of rotatable bonds is 2. The molecule has 2 heterocycles. The van der Waals surface area contributed by atoms with Crippen LogP contribution in [0, 0.1) is 11.3 Å². The average molecular weight is 240 g/mol. The average Bonchev–Trinajstić information content (AvgIpc) is 2.72. The summed E-state index contributed by atoms with van der Waals surface area (Å²) in [4.78, 5) is 0. The van der Waals surface area contributed by atoms with Gasteiger partial charge < -0.3 is 5.73 Å². The lowest BCUT2D eigenvalue weighted by atomic mass is 10.2. The fourth-order valence-corrected chi connectivity index (χ4v) is 3.58. The minimum atomic E-state index is -2.94. The monoisotopic (exact) mass is 240 g/mol. The first kappa shape index (κ1) is 11.0. The van der Waals surface area contributed by atoms with E-state index in [-0.39, 0.29) is 24.0 Å². The van der Waals surface area contributed by atoms with Gasteiger partial charge in [-0.2, -0.15) is 10.4 Å². The van der Waals surface area contributed by atoms with Crippen molar-refractivity contribution in [2.75, 3.05) is 17.2 Å². The quantitative estimate of drug-likeness (QED) is 0.777. The number of aromatic nitrogens is 2. The van der Waals surface area contributed by atoms with Gasteiger partial charge >= 0.3 is 0 Å². The van der Waals surface area contributed by atoms with Crippen LogP contribution in [0.2, 0.25) is 0 Å². The molecule has 2 N–H and O–H groups in total. The molecule has 7 heteroatoms. The third-order valence-electron chi connectivity index (χ3n) is 2.74. The molecular formula is C9H12N4O2S. The summed E-state index contributed by atoms with van der Waals surface area (Å²) in [5, 5.41) is 12.6. The SMILES string of the molecule is N#CCc1cnn(C2CCS(=O)(=O)C2)c1N. The first-order chi connectivity index (χ1) is 7.53. The Labute approximate surface area is 93.6 Å². The molecule has 0 bridgehead atoms. The standard InChI is InChI=1S/C9H12N4O2S/c10-3-1-7-5-12-13(9(7)11)8-2-4-16(14,15)6-8/h5,8H,1-2,4,6,11H2. The second-order valence-corrected chi connectivity index (χ2v) is 6.12. The topological polar surface area (TPSA) is 102 Å². The van der Waals surface area contributed by atoms with Crippen LogP contribution in [-0.2, 0) is 16.3 Å². The van der Waals surface area contributed by atoms with E-state index in [9.17, 15) is 8.42 Å². The maximum Gasteiger partial charge on any atom is 0.152 e. The molecule has 0 spiro atoms. The van der Waals surface area contributed by atoms with Crippen LogP contribution in [0.5, 0.6) is 0 Å². The van der Waals surface area contributed by atoms with Gasteiger partial charge in [0.05, 0.1) is 36.2 Å². The van der Waals surface area contributed by atoms with Crippen molar-refractivity contribution in [1.29, 1.82) is 5.26 Å². The summed E-state index contributed by atoms with van der Waals surface area (Å²) in [6.07, 6.45) is 2.27. The molecule has 16 heavy (non-hydrogen) atoms. The highest BCUT2D eigenvalue weighted by molar-refractivity contribution is 7.91. The lowest BCUT2D eigenvalue weighted by Gasteiger charge is -2.10. The van der Waals surface area contributed by atoms with Gasteiger partial charge in [-0.15, -0.1) is 0 Å². The Kier molecular flexibility index (Phi) is 2.59. The molecule has 1 aliphatic rings. The molecule has 0 saturated carbocycles. The van der Waals surface area contributed by atoms with Crippen LogP contribution in [0.1, 0.15) is 18.0 Å². The second-order valence-electron chi connectivity index (χ2n) is 3.89. The van der Waals surface area contributed by atoms with E-state index < -0.39 is 9.84 Å². The minimum absolute atomic E-state index is 0.0882. The normalized spacial score (nSPS) is 23.1. The van der Waals surface area contributed by atoms with Gasteiger partial charge in [0.15, 0.2) is 9.84 Å². The molecule has 2 rings (SSSR count). The van der Waals surface area contributed by atoms with E-state index in [0.29, 0.717) is 17.8 Å². The summed E-state index contributed by atoms with van der Waals surface area (Å²) in [6.45, 7) is 0. The zero-order chi connectivity index (χ0) is 11.8. The zero-order valence-corrected chi connectivity index (χ0v) is 9.44. The van der Waals surface area contributed by atoms with E-state index in [2.05, 4.69) is 5.10 Å². The summed E-state index contributed by atoms with van der Waals surface area (Å²) < 4.78 is 24.2. The number of nitriles is 1. The first-order valence-electron chi connectivity index (χ1n) is 4.93. The van der Waals surface area contributed by atoms with Crippen molar-refractivity contribution in [3.05, 3.63) is 11.8 Å². The minimum Gasteiger partial charge on any atom is -0.384 e. The lowest BCUT2D eigenvalue weighted by Crippen LogP contribution is -2.14. The van der Waals surface area contributed by atoms with Crippen molar-refractivity contribution in [1.82, 2.24) is 9.78 Å². The van der Waals surface area contributed by atoms with Gasteiger partial charge in [-0.25, -0.2) is 13.1 Å². The van der Waals surface area contributed by atoms with Crippen LogP contribution in [0.25, 0.3) is 0 Å². The zero-order valence-electron chi connectivity index (χ0n) is 8.63. The molecule has 1 aromatic heterocycles. The highest BCUT2D eigenvalue weighted by atomic mass is 32.2. The van der Waals surface area contributed by atoms with Gasteiger partial charge in [0.25, 0.3) is 0 Å². The fourth-order valence-electron chi connectivity index (χ4n) is 1.89. The maximum absolute atomic E-state index is 11.3. The highest BCUT2D eigenvalue weighted by Gasteiger charge is 2.31. The van der Waals surface area contributed by atoms with E-state index in [1.165, 1.54) is 10.9 Å². The van der Waals surface area contributed by atoms with Crippen LogP contribution < -0.4 is 5.73 Å². The predicted molar refractivity (Wildman–Crippen MR) is 58.3 cm³/mol.